The van der Waals surface area contributed by atoms with E-state index in [9.17, 15) is 4.79 Å². The molecule has 6 heteroatoms. The van der Waals surface area contributed by atoms with Crippen molar-refractivity contribution in [2.75, 3.05) is 5.32 Å². The number of thiazole rings is 1. The van der Waals surface area contributed by atoms with Gasteiger partial charge in [0.25, 0.3) is 5.91 Å². The highest BCUT2D eigenvalue weighted by molar-refractivity contribution is 7.13. The average molecular weight is 194 g/mol. The molecule has 13 heavy (non-hydrogen) atoms. The smallest absolute Gasteiger partial charge is 0.260 e. The first-order valence-electron chi connectivity index (χ1n) is 3.56. The zero-order chi connectivity index (χ0) is 9.10. The summed E-state index contributed by atoms with van der Waals surface area (Å²) in [5, 5.41) is 11.3. The number of nitrogens with zero attached hydrogens (tertiary/aromatic N) is 2. The molecule has 66 valence electrons. The maximum Gasteiger partial charge on any atom is 0.260 e. The van der Waals surface area contributed by atoms with Crippen molar-refractivity contribution in [3.63, 3.8) is 0 Å². The molecule has 2 N–H and O–H groups in total. The van der Waals surface area contributed by atoms with Crippen molar-refractivity contribution in [3.8, 4) is 0 Å². The van der Waals surface area contributed by atoms with Crippen molar-refractivity contribution in [1.82, 2.24) is 15.2 Å². The highest BCUT2D eigenvalue weighted by atomic mass is 32.1. The summed E-state index contributed by atoms with van der Waals surface area (Å²) in [7, 11) is 0. The van der Waals surface area contributed by atoms with Gasteiger partial charge in [-0.25, -0.2) is 4.98 Å². The van der Waals surface area contributed by atoms with Gasteiger partial charge in [-0.15, -0.1) is 11.3 Å². The summed E-state index contributed by atoms with van der Waals surface area (Å²) in [5.74, 6) is -0.205. The van der Waals surface area contributed by atoms with E-state index in [1.54, 1.807) is 11.6 Å². The SMILES string of the molecule is O=C(Nc1nccs1)c1cn[nH]c1. The van der Waals surface area contributed by atoms with E-state index in [1.165, 1.54) is 23.7 Å². The molecule has 0 bridgehead atoms. The molecule has 0 fully saturated rings. The summed E-state index contributed by atoms with van der Waals surface area (Å²) in [5.41, 5.74) is 0.496. The highest BCUT2D eigenvalue weighted by Gasteiger charge is 2.07. The number of amides is 1. The Morgan fingerprint density at radius 1 is 1.62 bits per heavy atom. The minimum atomic E-state index is -0.205. The van der Waals surface area contributed by atoms with Crippen molar-refractivity contribution in [2.24, 2.45) is 0 Å². The molecule has 1 amide bonds. The van der Waals surface area contributed by atoms with E-state index in [0.717, 1.165) is 0 Å². The molecule has 0 radical (unpaired) electrons. The van der Waals surface area contributed by atoms with Crippen LogP contribution in [0.1, 0.15) is 10.4 Å². The first-order valence-corrected chi connectivity index (χ1v) is 4.44. The largest absolute Gasteiger partial charge is 0.298 e. The molecule has 0 aromatic carbocycles. The van der Waals surface area contributed by atoms with Gasteiger partial charge in [0.2, 0.25) is 0 Å². The predicted molar refractivity (Wildman–Crippen MR) is 48.7 cm³/mol. The van der Waals surface area contributed by atoms with Gasteiger partial charge >= 0.3 is 0 Å². The molecule has 5 nitrogen and oxygen atoms in total. The van der Waals surface area contributed by atoms with Gasteiger partial charge in [0.05, 0.1) is 11.8 Å². The van der Waals surface area contributed by atoms with Gasteiger partial charge in [-0.2, -0.15) is 5.10 Å². The molecule has 0 atom stereocenters. The van der Waals surface area contributed by atoms with E-state index in [4.69, 9.17) is 0 Å². The summed E-state index contributed by atoms with van der Waals surface area (Å²) in [6.45, 7) is 0. The lowest BCUT2D eigenvalue weighted by Gasteiger charge is -1.96. The van der Waals surface area contributed by atoms with Crippen molar-refractivity contribution in [1.29, 1.82) is 0 Å². The number of hydrogen-bond donors (Lipinski definition) is 2. The normalized spacial score (nSPS) is 9.85. The van der Waals surface area contributed by atoms with Gasteiger partial charge in [-0.05, 0) is 0 Å². The van der Waals surface area contributed by atoms with Crippen molar-refractivity contribution in [2.45, 2.75) is 0 Å². The van der Waals surface area contributed by atoms with Gasteiger partial charge in [-0.1, -0.05) is 0 Å². The molecule has 0 aliphatic heterocycles. The maximum atomic E-state index is 11.4. The number of hydrogen-bond acceptors (Lipinski definition) is 4. The van der Waals surface area contributed by atoms with Crippen LogP contribution in [0.3, 0.4) is 0 Å². The van der Waals surface area contributed by atoms with E-state index in [1.807, 2.05) is 0 Å². The second kappa shape index (κ2) is 3.36. The zero-order valence-corrected chi connectivity index (χ0v) is 7.34. The number of H-pyrrole nitrogens is 1. The Hall–Kier alpha value is -1.69. The number of nitrogens with one attached hydrogen (secondary N) is 2. The summed E-state index contributed by atoms with van der Waals surface area (Å²) >= 11 is 1.37. The summed E-state index contributed by atoms with van der Waals surface area (Å²) in [6, 6.07) is 0. The minimum Gasteiger partial charge on any atom is -0.298 e. The fourth-order valence-electron chi connectivity index (χ4n) is 0.830. The molecule has 2 aromatic rings. The van der Waals surface area contributed by atoms with E-state index >= 15 is 0 Å². The second-order valence-electron chi connectivity index (χ2n) is 2.28. The Kier molecular flexibility index (Phi) is 2.05. The number of aromatic amines is 1. The molecule has 0 aliphatic carbocycles. The topological polar surface area (TPSA) is 70.7 Å². The first kappa shape index (κ1) is 7.93. The van der Waals surface area contributed by atoms with Crippen LogP contribution < -0.4 is 5.32 Å². The Morgan fingerprint density at radius 2 is 2.54 bits per heavy atom. The van der Waals surface area contributed by atoms with Crippen molar-refractivity contribution in [3.05, 3.63) is 29.5 Å². The van der Waals surface area contributed by atoms with Crippen molar-refractivity contribution < 1.29 is 4.79 Å². The molecule has 2 rings (SSSR count). The van der Waals surface area contributed by atoms with Crippen LogP contribution in [0.5, 0.6) is 0 Å². The molecule has 2 aromatic heterocycles. The Balaban J connectivity index is 2.08. The maximum absolute atomic E-state index is 11.4. The Morgan fingerprint density at radius 3 is 3.15 bits per heavy atom. The second-order valence-corrected chi connectivity index (χ2v) is 3.17. The minimum absolute atomic E-state index is 0.205. The molecule has 0 unspecified atom stereocenters. The van der Waals surface area contributed by atoms with Gasteiger partial charge < -0.3 is 0 Å². The lowest BCUT2D eigenvalue weighted by molar-refractivity contribution is 0.102. The van der Waals surface area contributed by atoms with Gasteiger partial charge in [0, 0.05) is 17.8 Å². The third-order valence-electron chi connectivity index (χ3n) is 1.41. The van der Waals surface area contributed by atoms with Crippen LogP contribution in [0, 0.1) is 0 Å². The Bertz CT molecular complexity index is 381. The van der Waals surface area contributed by atoms with E-state index in [-0.39, 0.29) is 5.91 Å². The molecule has 0 saturated heterocycles. The van der Waals surface area contributed by atoms with E-state index in [2.05, 4.69) is 20.5 Å². The highest BCUT2D eigenvalue weighted by Crippen LogP contribution is 2.11. The summed E-state index contributed by atoms with van der Waals surface area (Å²) in [6.07, 6.45) is 4.63. The molecular weight excluding hydrogens is 188 g/mol. The van der Waals surface area contributed by atoms with Crippen LogP contribution in [0.2, 0.25) is 0 Å². The third-order valence-corrected chi connectivity index (χ3v) is 2.10. The fourth-order valence-corrected chi connectivity index (χ4v) is 1.35. The van der Waals surface area contributed by atoms with Crippen LogP contribution in [-0.4, -0.2) is 21.1 Å². The number of anilines is 1. The Labute approximate surface area is 77.8 Å². The quantitative estimate of drug-likeness (QED) is 0.752. The monoisotopic (exact) mass is 194 g/mol. The van der Waals surface area contributed by atoms with Crippen LogP contribution in [0.4, 0.5) is 5.13 Å². The van der Waals surface area contributed by atoms with E-state index < -0.39 is 0 Å². The lowest BCUT2D eigenvalue weighted by Crippen LogP contribution is -2.10. The van der Waals surface area contributed by atoms with Gasteiger partial charge in [-0.3, -0.25) is 15.2 Å². The zero-order valence-electron chi connectivity index (χ0n) is 6.52. The third kappa shape index (κ3) is 1.73. The van der Waals surface area contributed by atoms with Gasteiger partial charge in [0.1, 0.15) is 0 Å². The first-order chi connectivity index (χ1) is 6.36. The van der Waals surface area contributed by atoms with Crippen LogP contribution in [0.25, 0.3) is 0 Å². The molecule has 0 spiro atoms. The standard InChI is InChI=1S/C7H6N4OS/c12-6(5-3-9-10-4-5)11-7-8-1-2-13-7/h1-4H,(H,9,10)(H,8,11,12). The van der Waals surface area contributed by atoms with Crippen LogP contribution >= 0.6 is 11.3 Å². The van der Waals surface area contributed by atoms with Crippen LogP contribution in [0.15, 0.2) is 24.0 Å². The fraction of sp³-hybridized carbons (Fsp3) is 0. The predicted octanol–water partition coefficient (Wildman–Crippen LogP) is 1.12. The van der Waals surface area contributed by atoms with Crippen molar-refractivity contribution >= 4 is 22.4 Å². The number of carbonyl (C=O) groups excluding carboxylic acids is 1. The summed E-state index contributed by atoms with van der Waals surface area (Å²) < 4.78 is 0. The molecule has 2 heterocycles. The molecule has 0 aliphatic rings. The summed E-state index contributed by atoms with van der Waals surface area (Å²) in [4.78, 5) is 15.3. The number of aromatic nitrogens is 3. The molecule has 0 saturated carbocycles. The molecular formula is C7H6N4OS. The number of carbonyl (C=O) groups is 1. The van der Waals surface area contributed by atoms with Crippen LogP contribution in [-0.2, 0) is 0 Å². The number of rotatable bonds is 2. The van der Waals surface area contributed by atoms with Gasteiger partial charge in [0.15, 0.2) is 5.13 Å². The average Bonchev–Trinajstić information content (AvgIpc) is 2.74. The van der Waals surface area contributed by atoms with E-state index in [0.29, 0.717) is 10.7 Å². The lowest BCUT2D eigenvalue weighted by atomic mass is 10.3.